The van der Waals surface area contributed by atoms with Crippen molar-refractivity contribution in [2.75, 3.05) is 6.61 Å². The van der Waals surface area contributed by atoms with E-state index in [0.29, 0.717) is 4.88 Å². The molecule has 6 heteroatoms. The van der Waals surface area contributed by atoms with Crippen LogP contribution in [0.2, 0.25) is 0 Å². The minimum absolute atomic E-state index is 0.141. The van der Waals surface area contributed by atoms with Gasteiger partial charge in [0.1, 0.15) is 5.71 Å². The van der Waals surface area contributed by atoms with Gasteiger partial charge in [-0.2, -0.15) is 0 Å². The van der Waals surface area contributed by atoms with E-state index in [1.165, 1.54) is 18.3 Å². The van der Waals surface area contributed by atoms with Gasteiger partial charge in [-0.05, 0) is 25.3 Å². The molecule has 1 atom stereocenters. The Morgan fingerprint density at radius 2 is 2.29 bits per heavy atom. The molecule has 0 amide bonds. The second-order valence-electron chi connectivity index (χ2n) is 3.27. The van der Waals surface area contributed by atoms with E-state index in [-0.39, 0.29) is 12.3 Å². The molecule has 0 aliphatic heterocycles. The number of carbonyl (C=O) groups is 2. The third kappa shape index (κ3) is 3.13. The number of ether oxygens (including phenoxy) is 1. The molecule has 1 unspecified atom stereocenters. The molecule has 0 fully saturated rings. The SMILES string of the molecule is CCOC(=O)C(=O)C(C)/C(=N/O)c1cccs1. The molecule has 0 radical (unpaired) electrons. The Labute approximate surface area is 103 Å². The molecule has 5 nitrogen and oxygen atoms in total. The molecule has 0 bridgehead atoms. The summed E-state index contributed by atoms with van der Waals surface area (Å²) in [7, 11) is 0. The minimum atomic E-state index is -0.905. The molecule has 92 valence electrons. The topological polar surface area (TPSA) is 76.0 Å². The molecular weight excluding hydrogens is 242 g/mol. The van der Waals surface area contributed by atoms with Gasteiger partial charge in [-0.15, -0.1) is 11.3 Å². The second-order valence-corrected chi connectivity index (χ2v) is 4.22. The average Bonchev–Trinajstić information content (AvgIpc) is 2.83. The zero-order valence-corrected chi connectivity index (χ0v) is 10.4. The van der Waals surface area contributed by atoms with Crippen LogP contribution < -0.4 is 0 Å². The van der Waals surface area contributed by atoms with Gasteiger partial charge in [-0.25, -0.2) is 4.79 Å². The van der Waals surface area contributed by atoms with Gasteiger partial charge in [-0.1, -0.05) is 11.2 Å². The van der Waals surface area contributed by atoms with E-state index in [0.717, 1.165) is 0 Å². The van der Waals surface area contributed by atoms with E-state index in [1.807, 2.05) is 0 Å². The zero-order valence-electron chi connectivity index (χ0n) is 9.54. The number of rotatable bonds is 5. The predicted molar refractivity (Wildman–Crippen MR) is 63.4 cm³/mol. The zero-order chi connectivity index (χ0) is 12.8. The lowest BCUT2D eigenvalue weighted by atomic mass is 9.99. The second kappa shape index (κ2) is 6.15. The fourth-order valence-electron chi connectivity index (χ4n) is 1.28. The molecule has 1 N–H and O–H groups in total. The molecule has 0 aromatic carbocycles. The summed E-state index contributed by atoms with van der Waals surface area (Å²) in [6.45, 7) is 3.27. The van der Waals surface area contributed by atoms with E-state index in [2.05, 4.69) is 9.89 Å². The lowest BCUT2D eigenvalue weighted by Crippen LogP contribution is -2.29. The van der Waals surface area contributed by atoms with Crippen molar-refractivity contribution in [3.8, 4) is 0 Å². The van der Waals surface area contributed by atoms with Crippen LogP contribution in [-0.2, 0) is 14.3 Å². The average molecular weight is 255 g/mol. The normalized spacial score (nSPS) is 13.2. The lowest BCUT2D eigenvalue weighted by Gasteiger charge is -2.09. The van der Waals surface area contributed by atoms with Crippen molar-refractivity contribution in [1.82, 2.24) is 0 Å². The molecule has 0 spiro atoms. The van der Waals surface area contributed by atoms with Crippen molar-refractivity contribution in [2.24, 2.45) is 11.1 Å². The van der Waals surface area contributed by atoms with Crippen LogP contribution in [0.25, 0.3) is 0 Å². The number of oxime groups is 1. The first-order chi connectivity index (χ1) is 8.11. The molecule has 1 rings (SSSR count). The first kappa shape index (κ1) is 13.4. The van der Waals surface area contributed by atoms with Crippen molar-refractivity contribution in [1.29, 1.82) is 0 Å². The Kier molecular flexibility index (Phi) is 4.84. The number of ketones is 1. The number of hydrogen-bond acceptors (Lipinski definition) is 6. The Bertz CT molecular complexity index is 425. The van der Waals surface area contributed by atoms with Gasteiger partial charge < -0.3 is 9.94 Å². The van der Waals surface area contributed by atoms with Crippen LogP contribution in [0.4, 0.5) is 0 Å². The standard InChI is InChI=1S/C11H13NO4S/c1-3-16-11(14)10(13)7(2)9(12-15)8-5-4-6-17-8/h4-7,15H,3H2,1-2H3/b12-9-. The highest BCUT2D eigenvalue weighted by molar-refractivity contribution is 7.12. The highest BCUT2D eigenvalue weighted by atomic mass is 32.1. The molecule has 0 saturated heterocycles. The monoisotopic (exact) mass is 255 g/mol. The summed E-state index contributed by atoms with van der Waals surface area (Å²) < 4.78 is 4.62. The fraction of sp³-hybridized carbons (Fsp3) is 0.364. The van der Waals surface area contributed by atoms with Crippen LogP contribution in [-0.4, -0.2) is 29.3 Å². The van der Waals surface area contributed by atoms with Crippen molar-refractivity contribution < 1.29 is 19.5 Å². The van der Waals surface area contributed by atoms with Gasteiger partial charge in [0.2, 0.25) is 5.78 Å². The Morgan fingerprint density at radius 3 is 2.76 bits per heavy atom. The van der Waals surface area contributed by atoms with Crippen LogP contribution in [0.1, 0.15) is 18.7 Å². The van der Waals surface area contributed by atoms with E-state index < -0.39 is 17.7 Å². The largest absolute Gasteiger partial charge is 0.460 e. The van der Waals surface area contributed by atoms with E-state index >= 15 is 0 Å². The smallest absolute Gasteiger partial charge is 0.375 e. The van der Waals surface area contributed by atoms with Gasteiger partial charge in [-0.3, -0.25) is 4.79 Å². The summed E-state index contributed by atoms with van der Waals surface area (Å²) in [5.41, 5.74) is 0.179. The Morgan fingerprint density at radius 1 is 1.59 bits per heavy atom. The summed E-state index contributed by atoms with van der Waals surface area (Å²) in [6.07, 6.45) is 0. The molecule has 1 aromatic heterocycles. The quantitative estimate of drug-likeness (QED) is 0.285. The van der Waals surface area contributed by atoms with Crippen LogP contribution >= 0.6 is 11.3 Å². The summed E-state index contributed by atoms with van der Waals surface area (Å²) in [5, 5.41) is 13.8. The summed E-state index contributed by atoms with van der Waals surface area (Å²) in [4.78, 5) is 23.6. The van der Waals surface area contributed by atoms with Crippen LogP contribution in [0.5, 0.6) is 0 Å². The maximum Gasteiger partial charge on any atom is 0.375 e. The van der Waals surface area contributed by atoms with Gasteiger partial charge in [0.15, 0.2) is 0 Å². The van der Waals surface area contributed by atoms with Gasteiger partial charge >= 0.3 is 5.97 Å². The molecule has 0 saturated carbocycles. The maximum atomic E-state index is 11.7. The number of carbonyl (C=O) groups excluding carboxylic acids is 2. The van der Waals surface area contributed by atoms with E-state index in [9.17, 15) is 9.59 Å². The summed E-state index contributed by atoms with van der Waals surface area (Å²) >= 11 is 1.33. The van der Waals surface area contributed by atoms with Gasteiger partial charge in [0, 0.05) is 0 Å². The Hall–Kier alpha value is -1.69. The molecule has 17 heavy (non-hydrogen) atoms. The molecule has 0 aliphatic carbocycles. The summed E-state index contributed by atoms with van der Waals surface area (Å²) in [5.74, 6) is -2.44. The number of esters is 1. The number of nitrogens with zero attached hydrogens (tertiary/aromatic N) is 1. The first-order valence-electron chi connectivity index (χ1n) is 5.08. The fourth-order valence-corrected chi connectivity index (χ4v) is 2.08. The minimum Gasteiger partial charge on any atom is -0.460 e. The van der Waals surface area contributed by atoms with Gasteiger partial charge in [0.05, 0.1) is 17.4 Å². The van der Waals surface area contributed by atoms with Crippen molar-refractivity contribution in [3.05, 3.63) is 22.4 Å². The third-order valence-electron chi connectivity index (χ3n) is 2.16. The Balaban J connectivity index is 2.85. The maximum absolute atomic E-state index is 11.7. The lowest BCUT2D eigenvalue weighted by molar-refractivity contribution is -0.154. The van der Waals surface area contributed by atoms with E-state index in [1.54, 1.807) is 24.4 Å². The first-order valence-corrected chi connectivity index (χ1v) is 5.96. The van der Waals surface area contributed by atoms with Gasteiger partial charge in [0.25, 0.3) is 0 Å². The number of Topliss-reactive ketones (excluding diaryl/α,β-unsaturated/α-hetero) is 1. The molecule has 0 aliphatic rings. The third-order valence-corrected chi connectivity index (χ3v) is 3.05. The predicted octanol–water partition coefficient (Wildman–Crippen LogP) is 1.69. The van der Waals surface area contributed by atoms with Crippen molar-refractivity contribution in [2.45, 2.75) is 13.8 Å². The van der Waals surface area contributed by atoms with Crippen molar-refractivity contribution >= 4 is 28.8 Å². The van der Waals surface area contributed by atoms with Crippen LogP contribution in [0.3, 0.4) is 0 Å². The molecule has 1 heterocycles. The highest BCUT2D eigenvalue weighted by Gasteiger charge is 2.28. The van der Waals surface area contributed by atoms with E-state index in [4.69, 9.17) is 5.21 Å². The van der Waals surface area contributed by atoms with Crippen LogP contribution in [0, 0.1) is 5.92 Å². The molecule has 1 aromatic rings. The highest BCUT2D eigenvalue weighted by Crippen LogP contribution is 2.16. The number of hydrogen-bond donors (Lipinski definition) is 1. The van der Waals surface area contributed by atoms with Crippen LogP contribution in [0.15, 0.2) is 22.7 Å². The molecular formula is C11H13NO4S. The van der Waals surface area contributed by atoms with Crippen molar-refractivity contribution in [3.63, 3.8) is 0 Å². The summed E-state index contributed by atoms with van der Waals surface area (Å²) in [6, 6.07) is 3.49. The number of thiophene rings is 1.